The number of furan rings is 1. The largest absolute Gasteiger partial charge is 0.467 e. The van der Waals surface area contributed by atoms with E-state index in [9.17, 15) is 14.0 Å². The maximum absolute atomic E-state index is 13.2. The first-order valence-corrected chi connectivity index (χ1v) is 8.77. The Kier molecular flexibility index (Phi) is 4.35. The maximum atomic E-state index is 13.2. The monoisotopic (exact) mass is 367 g/mol. The Morgan fingerprint density at radius 2 is 1.96 bits per heavy atom. The van der Waals surface area contributed by atoms with Gasteiger partial charge < -0.3 is 9.32 Å². The molecule has 0 spiro atoms. The molecule has 1 aromatic carbocycles. The highest BCUT2D eigenvalue weighted by atomic mass is 19.1. The summed E-state index contributed by atoms with van der Waals surface area (Å²) in [6.07, 6.45) is 3.43. The van der Waals surface area contributed by atoms with Crippen LogP contribution in [0.2, 0.25) is 0 Å². The number of amides is 1. The number of halogens is 1. The number of hydrogen-bond acceptors (Lipinski definition) is 4. The summed E-state index contributed by atoms with van der Waals surface area (Å²) in [7, 11) is 0. The van der Waals surface area contributed by atoms with Gasteiger partial charge in [-0.05, 0) is 62.2 Å². The van der Waals surface area contributed by atoms with Gasteiger partial charge in [0.1, 0.15) is 17.3 Å². The lowest BCUT2D eigenvalue weighted by atomic mass is 10.2. The molecule has 2 aromatic heterocycles. The van der Waals surface area contributed by atoms with Crippen molar-refractivity contribution in [2.75, 3.05) is 0 Å². The van der Waals surface area contributed by atoms with Gasteiger partial charge in [-0.2, -0.15) is 9.78 Å². The lowest BCUT2D eigenvalue weighted by Gasteiger charge is -2.27. The predicted molar refractivity (Wildman–Crippen MR) is 96.1 cm³/mol. The second-order valence-corrected chi connectivity index (χ2v) is 6.58. The first kappa shape index (κ1) is 17.2. The van der Waals surface area contributed by atoms with E-state index in [4.69, 9.17) is 4.42 Å². The SMILES string of the molecule is C[C@H](c1ccco1)N(C(=O)c1ccc(=O)n(-c2ccc(F)cc2)n1)C1CC1. The molecule has 0 radical (unpaired) electrons. The molecule has 0 N–H and O–H groups in total. The number of benzene rings is 1. The molecule has 7 heteroatoms. The van der Waals surface area contributed by atoms with Gasteiger partial charge >= 0.3 is 0 Å². The fourth-order valence-corrected chi connectivity index (χ4v) is 3.10. The molecule has 1 aliphatic carbocycles. The minimum absolute atomic E-state index is 0.130. The van der Waals surface area contributed by atoms with E-state index in [-0.39, 0.29) is 23.7 Å². The highest BCUT2D eigenvalue weighted by Gasteiger charge is 2.38. The average molecular weight is 367 g/mol. The van der Waals surface area contributed by atoms with Gasteiger partial charge in [0.2, 0.25) is 0 Å². The summed E-state index contributed by atoms with van der Waals surface area (Å²) in [6, 6.07) is 11.6. The number of aromatic nitrogens is 2. The van der Waals surface area contributed by atoms with Gasteiger partial charge in [0.25, 0.3) is 11.5 Å². The molecule has 1 aliphatic rings. The molecular formula is C20H18FN3O3. The summed E-state index contributed by atoms with van der Waals surface area (Å²) in [5.41, 5.74) is 0.160. The summed E-state index contributed by atoms with van der Waals surface area (Å²) in [4.78, 5) is 27.1. The third kappa shape index (κ3) is 3.40. The van der Waals surface area contributed by atoms with Crippen molar-refractivity contribution >= 4 is 5.91 Å². The third-order valence-corrected chi connectivity index (χ3v) is 4.64. The molecule has 138 valence electrons. The van der Waals surface area contributed by atoms with Crippen LogP contribution in [0.4, 0.5) is 4.39 Å². The van der Waals surface area contributed by atoms with Crippen LogP contribution in [0.25, 0.3) is 5.69 Å². The Balaban J connectivity index is 1.69. The molecule has 1 saturated carbocycles. The molecule has 4 rings (SSSR count). The van der Waals surface area contributed by atoms with Crippen molar-refractivity contribution in [3.8, 4) is 5.69 Å². The molecule has 3 aromatic rings. The molecule has 0 bridgehead atoms. The van der Waals surface area contributed by atoms with E-state index < -0.39 is 11.4 Å². The molecule has 0 saturated heterocycles. The van der Waals surface area contributed by atoms with E-state index in [1.807, 2.05) is 13.0 Å². The number of hydrogen-bond donors (Lipinski definition) is 0. The van der Waals surface area contributed by atoms with Crippen LogP contribution in [0.15, 0.2) is 64.0 Å². The minimum atomic E-state index is -0.411. The molecule has 27 heavy (non-hydrogen) atoms. The molecular weight excluding hydrogens is 349 g/mol. The number of carbonyl (C=O) groups is 1. The highest BCUT2D eigenvalue weighted by Crippen LogP contribution is 2.35. The highest BCUT2D eigenvalue weighted by molar-refractivity contribution is 5.92. The van der Waals surface area contributed by atoms with Crippen LogP contribution in [-0.4, -0.2) is 26.6 Å². The Morgan fingerprint density at radius 3 is 2.59 bits per heavy atom. The zero-order valence-electron chi connectivity index (χ0n) is 14.7. The number of rotatable bonds is 5. The zero-order valence-corrected chi connectivity index (χ0v) is 14.7. The smallest absolute Gasteiger partial charge is 0.275 e. The predicted octanol–water partition coefficient (Wildman–Crippen LogP) is 3.33. The molecule has 1 fully saturated rings. The van der Waals surface area contributed by atoms with Gasteiger partial charge in [-0.3, -0.25) is 9.59 Å². The minimum Gasteiger partial charge on any atom is -0.467 e. The van der Waals surface area contributed by atoms with Crippen LogP contribution in [0.1, 0.15) is 42.1 Å². The lowest BCUT2D eigenvalue weighted by Crippen LogP contribution is -2.37. The van der Waals surface area contributed by atoms with E-state index in [1.54, 1.807) is 17.2 Å². The van der Waals surface area contributed by atoms with Crippen LogP contribution >= 0.6 is 0 Å². The van der Waals surface area contributed by atoms with E-state index in [1.165, 1.54) is 36.4 Å². The first-order chi connectivity index (χ1) is 13.0. The molecule has 0 unspecified atom stereocenters. The van der Waals surface area contributed by atoms with Crippen LogP contribution in [0.3, 0.4) is 0 Å². The van der Waals surface area contributed by atoms with Gasteiger partial charge in [-0.25, -0.2) is 4.39 Å². The van der Waals surface area contributed by atoms with Gasteiger partial charge in [-0.1, -0.05) is 0 Å². The summed E-state index contributed by atoms with van der Waals surface area (Å²) in [5, 5.41) is 4.23. The lowest BCUT2D eigenvalue weighted by molar-refractivity contribution is 0.0644. The van der Waals surface area contributed by atoms with Crippen molar-refractivity contribution in [3.05, 3.63) is 82.4 Å². The second kappa shape index (κ2) is 6.83. The van der Waals surface area contributed by atoms with Gasteiger partial charge in [0.05, 0.1) is 18.0 Å². The number of nitrogens with zero attached hydrogens (tertiary/aromatic N) is 3. The van der Waals surface area contributed by atoms with E-state index in [0.29, 0.717) is 11.4 Å². The van der Waals surface area contributed by atoms with Crippen LogP contribution in [-0.2, 0) is 0 Å². The van der Waals surface area contributed by atoms with Crippen LogP contribution in [0, 0.1) is 5.82 Å². The first-order valence-electron chi connectivity index (χ1n) is 8.77. The summed E-state index contributed by atoms with van der Waals surface area (Å²) in [5.74, 6) is 0.0191. The van der Waals surface area contributed by atoms with E-state index >= 15 is 0 Å². The molecule has 1 amide bonds. The van der Waals surface area contributed by atoms with Crippen molar-refractivity contribution in [1.82, 2.24) is 14.7 Å². The molecule has 0 aliphatic heterocycles. The van der Waals surface area contributed by atoms with Gasteiger partial charge in [-0.15, -0.1) is 0 Å². The topological polar surface area (TPSA) is 68.3 Å². The van der Waals surface area contributed by atoms with Crippen molar-refractivity contribution in [3.63, 3.8) is 0 Å². The summed E-state index contributed by atoms with van der Waals surface area (Å²) >= 11 is 0. The maximum Gasteiger partial charge on any atom is 0.275 e. The molecule has 2 heterocycles. The standard InChI is InChI=1S/C20H18FN3O3/c1-13(18-3-2-12-27-18)23(15-8-9-15)20(26)17-10-11-19(25)24(22-17)16-6-4-14(21)5-7-16/h2-7,10-13,15H,8-9H2,1H3/t13-/m1/s1. The average Bonchev–Trinajstić information content (AvgIpc) is 3.34. The Morgan fingerprint density at radius 1 is 1.22 bits per heavy atom. The fourth-order valence-electron chi connectivity index (χ4n) is 3.10. The normalized spacial score (nSPS) is 14.7. The quantitative estimate of drug-likeness (QED) is 0.694. The van der Waals surface area contributed by atoms with Gasteiger partial charge in [0, 0.05) is 12.1 Å². The van der Waals surface area contributed by atoms with Crippen molar-refractivity contribution < 1.29 is 13.6 Å². The van der Waals surface area contributed by atoms with E-state index in [2.05, 4.69) is 5.10 Å². The van der Waals surface area contributed by atoms with Crippen molar-refractivity contribution in [2.24, 2.45) is 0 Å². The molecule has 6 nitrogen and oxygen atoms in total. The van der Waals surface area contributed by atoms with Crippen LogP contribution < -0.4 is 5.56 Å². The molecule has 1 atom stereocenters. The summed E-state index contributed by atoms with van der Waals surface area (Å²) in [6.45, 7) is 1.91. The van der Waals surface area contributed by atoms with Gasteiger partial charge in [0.15, 0.2) is 0 Å². The summed E-state index contributed by atoms with van der Waals surface area (Å²) < 4.78 is 19.7. The fraction of sp³-hybridized carbons (Fsp3) is 0.250. The van der Waals surface area contributed by atoms with Crippen molar-refractivity contribution in [1.29, 1.82) is 0 Å². The van der Waals surface area contributed by atoms with Crippen LogP contribution in [0.5, 0.6) is 0 Å². The van der Waals surface area contributed by atoms with Crippen molar-refractivity contribution in [2.45, 2.75) is 31.8 Å². The van der Waals surface area contributed by atoms with E-state index in [0.717, 1.165) is 17.5 Å². The second-order valence-electron chi connectivity index (χ2n) is 6.58. The Labute approximate surface area is 154 Å². The zero-order chi connectivity index (χ0) is 19.0. The Bertz CT molecular complexity index is 1010. The third-order valence-electron chi connectivity index (χ3n) is 4.64. The Hall–Kier alpha value is -3.22. The number of carbonyl (C=O) groups excluding carboxylic acids is 1.